The number of hydrogen-bond donors (Lipinski definition) is 0. The van der Waals surface area contributed by atoms with Gasteiger partial charge in [-0.05, 0) is 42.2 Å². The fourth-order valence-electron chi connectivity index (χ4n) is 2.95. The summed E-state index contributed by atoms with van der Waals surface area (Å²) in [7, 11) is 0. The molecule has 0 aromatic heterocycles. The Labute approximate surface area is 113 Å². The van der Waals surface area contributed by atoms with Crippen LogP contribution in [0, 0.1) is 0 Å². The van der Waals surface area contributed by atoms with Crippen molar-refractivity contribution >= 4 is 11.9 Å². The Balaban J connectivity index is 2.31. The van der Waals surface area contributed by atoms with Gasteiger partial charge in [-0.25, -0.2) is 0 Å². The van der Waals surface area contributed by atoms with Crippen LogP contribution in [0.25, 0.3) is 6.08 Å². The normalized spacial score (nSPS) is 21.8. The number of fused-ring (bicyclic) bond motifs is 1. The molecule has 0 radical (unpaired) electrons. The largest absolute Gasteiger partial charge is 0.293 e. The number of ketones is 1. The van der Waals surface area contributed by atoms with Crippen molar-refractivity contribution in [3.63, 3.8) is 0 Å². The van der Waals surface area contributed by atoms with E-state index in [-0.39, 0.29) is 5.78 Å². The van der Waals surface area contributed by atoms with Crippen LogP contribution in [0.5, 0.6) is 0 Å². The number of Topliss-reactive ketones (excluding diaryl/α,β-unsaturated/α-hetero) is 1. The summed E-state index contributed by atoms with van der Waals surface area (Å²) in [6.07, 6.45) is 1.99. The lowest BCUT2D eigenvalue weighted by Gasteiger charge is -2.34. The monoisotopic (exact) mass is 248 g/mol. The molecule has 0 heterocycles. The fourth-order valence-corrected chi connectivity index (χ4v) is 2.95. The van der Waals surface area contributed by atoms with Crippen molar-refractivity contribution in [2.75, 3.05) is 0 Å². The number of carbonyl (C=O) groups is 1. The van der Waals surface area contributed by atoms with Crippen LogP contribution in [0.4, 0.5) is 0 Å². The first kappa shape index (κ1) is 11.9. The highest BCUT2D eigenvalue weighted by Gasteiger charge is 2.40. The molecule has 0 N–H and O–H groups in total. The Morgan fingerprint density at radius 3 is 2.26 bits per heavy atom. The van der Waals surface area contributed by atoms with E-state index in [9.17, 15) is 4.79 Å². The predicted octanol–water partition coefficient (Wildman–Crippen LogP) is 3.98. The Morgan fingerprint density at radius 2 is 1.53 bits per heavy atom. The van der Waals surface area contributed by atoms with Gasteiger partial charge in [0.1, 0.15) is 0 Å². The second-order valence-electron chi connectivity index (χ2n) is 5.23. The molecule has 0 spiro atoms. The van der Waals surface area contributed by atoms with E-state index in [2.05, 4.69) is 12.1 Å². The van der Waals surface area contributed by atoms with E-state index in [0.29, 0.717) is 0 Å². The van der Waals surface area contributed by atoms with Crippen LogP contribution in [0.15, 0.2) is 60.2 Å². The van der Waals surface area contributed by atoms with Gasteiger partial charge in [0.2, 0.25) is 0 Å². The maximum atomic E-state index is 12.7. The molecule has 1 heteroatoms. The minimum absolute atomic E-state index is 0.192. The molecule has 0 aliphatic heterocycles. The van der Waals surface area contributed by atoms with E-state index in [1.54, 1.807) is 0 Å². The van der Waals surface area contributed by atoms with Gasteiger partial charge in [-0.1, -0.05) is 54.6 Å². The summed E-state index contributed by atoms with van der Waals surface area (Å²) in [5.74, 6) is 0.192. The van der Waals surface area contributed by atoms with Crippen molar-refractivity contribution < 1.29 is 4.79 Å². The number of rotatable bonds is 1. The number of hydrogen-bond acceptors (Lipinski definition) is 1. The molecule has 0 amide bonds. The average Bonchev–Trinajstić information content (AvgIpc) is 2.46. The van der Waals surface area contributed by atoms with Crippen LogP contribution >= 0.6 is 0 Å². The molecule has 0 saturated heterocycles. The quantitative estimate of drug-likeness (QED) is 0.746. The van der Waals surface area contributed by atoms with E-state index in [1.165, 1.54) is 0 Å². The predicted molar refractivity (Wildman–Crippen MR) is 78.0 cm³/mol. The van der Waals surface area contributed by atoms with E-state index < -0.39 is 5.41 Å². The van der Waals surface area contributed by atoms with Gasteiger partial charge in [0, 0.05) is 0 Å². The molecule has 1 aliphatic rings. The van der Waals surface area contributed by atoms with E-state index in [0.717, 1.165) is 22.3 Å². The van der Waals surface area contributed by atoms with Crippen molar-refractivity contribution in [3.05, 3.63) is 76.9 Å². The van der Waals surface area contributed by atoms with Gasteiger partial charge in [0.05, 0.1) is 5.41 Å². The Kier molecular flexibility index (Phi) is 2.63. The number of benzene rings is 2. The lowest BCUT2D eigenvalue weighted by atomic mass is 9.67. The van der Waals surface area contributed by atoms with Gasteiger partial charge in [0.15, 0.2) is 5.78 Å². The average molecular weight is 248 g/mol. The highest BCUT2D eigenvalue weighted by molar-refractivity contribution is 6.11. The Bertz CT molecular complexity index is 667. The van der Waals surface area contributed by atoms with Crippen LogP contribution < -0.4 is 0 Å². The fraction of sp³-hybridized carbons (Fsp3) is 0.167. The van der Waals surface area contributed by atoms with Gasteiger partial charge in [-0.15, -0.1) is 0 Å². The standard InChI is InChI=1S/C18H16O/c1-13-12-14-8-6-7-11-16(14)18(2,17(13)19)15-9-4-3-5-10-15/h3-12H,1-2H3. The first-order valence-electron chi connectivity index (χ1n) is 6.52. The highest BCUT2D eigenvalue weighted by Crippen LogP contribution is 2.40. The molecular weight excluding hydrogens is 232 g/mol. The van der Waals surface area contributed by atoms with Crippen molar-refractivity contribution in [2.45, 2.75) is 19.3 Å². The molecule has 3 rings (SSSR count). The second-order valence-corrected chi connectivity index (χ2v) is 5.23. The summed E-state index contributed by atoms with van der Waals surface area (Å²) in [5, 5.41) is 0. The van der Waals surface area contributed by atoms with Gasteiger partial charge >= 0.3 is 0 Å². The summed E-state index contributed by atoms with van der Waals surface area (Å²) in [6.45, 7) is 3.93. The maximum Gasteiger partial charge on any atom is 0.173 e. The number of carbonyl (C=O) groups excluding carboxylic acids is 1. The van der Waals surface area contributed by atoms with Crippen LogP contribution in [0.2, 0.25) is 0 Å². The Morgan fingerprint density at radius 1 is 0.895 bits per heavy atom. The van der Waals surface area contributed by atoms with Crippen LogP contribution in [0.1, 0.15) is 30.5 Å². The van der Waals surface area contributed by atoms with Crippen molar-refractivity contribution in [1.82, 2.24) is 0 Å². The lowest BCUT2D eigenvalue weighted by molar-refractivity contribution is -0.119. The summed E-state index contributed by atoms with van der Waals surface area (Å²) in [6, 6.07) is 18.2. The first-order chi connectivity index (χ1) is 9.14. The van der Waals surface area contributed by atoms with E-state index >= 15 is 0 Å². The molecule has 19 heavy (non-hydrogen) atoms. The summed E-state index contributed by atoms with van der Waals surface area (Å²) >= 11 is 0. The SMILES string of the molecule is CC1=Cc2ccccc2C(C)(c2ccccc2)C1=O. The van der Waals surface area contributed by atoms with E-state index in [1.807, 2.05) is 62.4 Å². The van der Waals surface area contributed by atoms with Crippen molar-refractivity contribution in [2.24, 2.45) is 0 Å². The zero-order valence-corrected chi connectivity index (χ0v) is 11.2. The topological polar surface area (TPSA) is 17.1 Å². The molecule has 1 unspecified atom stereocenters. The van der Waals surface area contributed by atoms with Gasteiger partial charge in [-0.2, -0.15) is 0 Å². The summed E-state index contributed by atoms with van der Waals surface area (Å²) in [4.78, 5) is 12.7. The maximum absolute atomic E-state index is 12.7. The second kappa shape index (κ2) is 4.20. The molecule has 2 aromatic rings. The molecule has 0 bridgehead atoms. The van der Waals surface area contributed by atoms with Crippen LogP contribution in [-0.4, -0.2) is 5.78 Å². The zero-order chi connectivity index (χ0) is 13.5. The third kappa shape index (κ3) is 1.66. The first-order valence-corrected chi connectivity index (χ1v) is 6.52. The van der Waals surface area contributed by atoms with E-state index in [4.69, 9.17) is 0 Å². The summed E-state index contributed by atoms with van der Waals surface area (Å²) in [5.41, 5.74) is 3.55. The Hall–Kier alpha value is -2.15. The van der Waals surface area contributed by atoms with Gasteiger partial charge in [-0.3, -0.25) is 4.79 Å². The van der Waals surface area contributed by atoms with Crippen LogP contribution in [-0.2, 0) is 10.2 Å². The minimum Gasteiger partial charge on any atom is -0.293 e. The molecule has 1 atom stereocenters. The highest BCUT2D eigenvalue weighted by atomic mass is 16.1. The number of allylic oxidation sites excluding steroid dienone is 1. The molecule has 94 valence electrons. The van der Waals surface area contributed by atoms with Crippen molar-refractivity contribution in [1.29, 1.82) is 0 Å². The third-order valence-electron chi connectivity index (χ3n) is 4.03. The molecule has 2 aromatic carbocycles. The zero-order valence-electron chi connectivity index (χ0n) is 11.2. The molecule has 1 aliphatic carbocycles. The molecule has 1 nitrogen and oxygen atoms in total. The summed E-state index contributed by atoms with van der Waals surface area (Å²) < 4.78 is 0. The molecular formula is C18H16O. The van der Waals surface area contributed by atoms with Gasteiger partial charge in [0.25, 0.3) is 0 Å². The third-order valence-corrected chi connectivity index (χ3v) is 4.03. The smallest absolute Gasteiger partial charge is 0.173 e. The van der Waals surface area contributed by atoms with Crippen LogP contribution in [0.3, 0.4) is 0 Å². The molecule has 0 saturated carbocycles. The van der Waals surface area contributed by atoms with Gasteiger partial charge < -0.3 is 0 Å². The lowest BCUT2D eigenvalue weighted by Crippen LogP contribution is -2.37. The minimum atomic E-state index is -0.573. The molecule has 0 fully saturated rings. The van der Waals surface area contributed by atoms with Crippen molar-refractivity contribution in [3.8, 4) is 0 Å².